The number of thiazole rings is 1. The van der Waals surface area contributed by atoms with E-state index in [-0.39, 0.29) is 18.2 Å². The summed E-state index contributed by atoms with van der Waals surface area (Å²) in [5.41, 5.74) is 1.47. The second kappa shape index (κ2) is 10.5. The zero-order valence-electron chi connectivity index (χ0n) is 18.1. The molecular formula is C22H23N3O6S. The van der Waals surface area contributed by atoms with E-state index in [1.165, 1.54) is 32.7 Å². The maximum absolute atomic E-state index is 12.6. The molecule has 1 aromatic heterocycles. The molecule has 32 heavy (non-hydrogen) atoms. The first kappa shape index (κ1) is 22.9. The molecule has 0 aliphatic rings. The first-order valence-electron chi connectivity index (χ1n) is 9.46. The van der Waals surface area contributed by atoms with Crippen LogP contribution in [0.2, 0.25) is 0 Å². The number of methoxy groups -OCH3 is 4. The lowest BCUT2D eigenvalue weighted by molar-refractivity contribution is -0.115. The van der Waals surface area contributed by atoms with Gasteiger partial charge in [0, 0.05) is 28.8 Å². The molecule has 0 aliphatic carbocycles. The Labute approximate surface area is 189 Å². The van der Waals surface area contributed by atoms with Crippen molar-refractivity contribution in [3.05, 3.63) is 53.0 Å². The Bertz CT molecular complexity index is 1090. The van der Waals surface area contributed by atoms with Gasteiger partial charge in [0.05, 0.1) is 40.6 Å². The highest BCUT2D eigenvalue weighted by Gasteiger charge is 2.14. The van der Waals surface area contributed by atoms with Crippen LogP contribution in [0.5, 0.6) is 23.0 Å². The van der Waals surface area contributed by atoms with E-state index in [2.05, 4.69) is 15.6 Å². The SMILES string of the molecule is COc1cc(OC)cc(C(=O)Nc2nc(CC(=O)Nc3ccc(OC)c(OC)c3)cs2)c1. The average molecular weight is 458 g/mol. The largest absolute Gasteiger partial charge is 0.497 e. The minimum atomic E-state index is -0.363. The van der Waals surface area contributed by atoms with Crippen molar-refractivity contribution in [1.82, 2.24) is 4.98 Å². The lowest BCUT2D eigenvalue weighted by atomic mass is 10.2. The Morgan fingerprint density at radius 3 is 2.19 bits per heavy atom. The highest BCUT2D eigenvalue weighted by atomic mass is 32.1. The minimum absolute atomic E-state index is 0.0493. The Balaban J connectivity index is 1.62. The van der Waals surface area contributed by atoms with Crippen molar-refractivity contribution in [2.24, 2.45) is 0 Å². The number of carbonyl (C=O) groups is 2. The van der Waals surface area contributed by atoms with Gasteiger partial charge in [0.2, 0.25) is 5.91 Å². The first-order valence-corrected chi connectivity index (χ1v) is 10.3. The fourth-order valence-electron chi connectivity index (χ4n) is 2.84. The molecule has 0 saturated heterocycles. The minimum Gasteiger partial charge on any atom is -0.497 e. The number of amides is 2. The van der Waals surface area contributed by atoms with E-state index in [0.717, 1.165) is 0 Å². The molecule has 3 aromatic rings. The molecule has 1 heterocycles. The summed E-state index contributed by atoms with van der Waals surface area (Å²) in [7, 11) is 6.09. The zero-order valence-corrected chi connectivity index (χ0v) is 18.9. The van der Waals surface area contributed by atoms with E-state index < -0.39 is 0 Å². The van der Waals surface area contributed by atoms with Crippen molar-refractivity contribution in [2.75, 3.05) is 39.1 Å². The molecule has 3 rings (SSSR count). The summed E-state index contributed by atoms with van der Waals surface area (Å²) in [6.45, 7) is 0. The van der Waals surface area contributed by atoms with Crippen molar-refractivity contribution in [2.45, 2.75) is 6.42 Å². The van der Waals surface area contributed by atoms with Gasteiger partial charge in [-0.15, -0.1) is 11.3 Å². The van der Waals surface area contributed by atoms with Gasteiger partial charge in [0.25, 0.3) is 5.91 Å². The van der Waals surface area contributed by atoms with Crippen LogP contribution in [-0.4, -0.2) is 45.2 Å². The van der Waals surface area contributed by atoms with Crippen LogP contribution in [0.1, 0.15) is 16.1 Å². The average Bonchev–Trinajstić information content (AvgIpc) is 3.24. The molecule has 0 bridgehead atoms. The van der Waals surface area contributed by atoms with E-state index >= 15 is 0 Å². The molecule has 2 amide bonds. The molecule has 2 aromatic carbocycles. The van der Waals surface area contributed by atoms with E-state index in [4.69, 9.17) is 18.9 Å². The Morgan fingerprint density at radius 1 is 0.875 bits per heavy atom. The maximum atomic E-state index is 12.6. The van der Waals surface area contributed by atoms with Gasteiger partial charge in [-0.05, 0) is 24.3 Å². The van der Waals surface area contributed by atoms with Crippen molar-refractivity contribution >= 4 is 34.0 Å². The highest BCUT2D eigenvalue weighted by Crippen LogP contribution is 2.30. The lowest BCUT2D eigenvalue weighted by Crippen LogP contribution is -2.15. The molecule has 0 aliphatic heterocycles. The van der Waals surface area contributed by atoms with Gasteiger partial charge < -0.3 is 24.3 Å². The number of hydrogen-bond acceptors (Lipinski definition) is 8. The van der Waals surface area contributed by atoms with Crippen LogP contribution >= 0.6 is 11.3 Å². The van der Waals surface area contributed by atoms with Crippen LogP contribution in [0.15, 0.2) is 41.8 Å². The van der Waals surface area contributed by atoms with Gasteiger partial charge in [0.15, 0.2) is 16.6 Å². The van der Waals surface area contributed by atoms with Gasteiger partial charge in [-0.2, -0.15) is 0 Å². The van der Waals surface area contributed by atoms with Crippen LogP contribution in [0, 0.1) is 0 Å². The molecular weight excluding hydrogens is 434 g/mol. The number of hydrogen-bond donors (Lipinski definition) is 2. The molecule has 10 heteroatoms. The Morgan fingerprint density at radius 2 is 1.56 bits per heavy atom. The number of anilines is 2. The number of ether oxygens (including phenoxy) is 4. The van der Waals surface area contributed by atoms with Gasteiger partial charge in [-0.3, -0.25) is 14.9 Å². The summed E-state index contributed by atoms with van der Waals surface area (Å²) in [5.74, 6) is 1.47. The maximum Gasteiger partial charge on any atom is 0.257 e. The van der Waals surface area contributed by atoms with Gasteiger partial charge in [-0.25, -0.2) is 4.98 Å². The molecule has 168 valence electrons. The number of benzene rings is 2. The standard InChI is InChI=1S/C22H23N3O6S/c1-28-16-7-13(8-17(11-16)29-2)21(27)25-22-24-15(12-32-22)10-20(26)23-14-5-6-18(30-3)19(9-14)31-4/h5-9,11-12H,10H2,1-4H3,(H,23,26)(H,24,25,27). The molecule has 2 N–H and O–H groups in total. The summed E-state index contributed by atoms with van der Waals surface area (Å²) >= 11 is 1.23. The third-order valence-electron chi connectivity index (χ3n) is 4.39. The quantitative estimate of drug-likeness (QED) is 0.505. The van der Waals surface area contributed by atoms with Crippen LogP contribution in [0.4, 0.5) is 10.8 Å². The number of aromatic nitrogens is 1. The third kappa shape index (κ3) is 5.67. The fourth-order valence-corrected chi connectivity index (χ4v) is 3.54. The zero-order chi connectivity index (χ0) is 23.1. The van der Waals surface area contributed by atoms with E-state index in [0.29, 0.717) is 45.1 Å². The molecule has 0 saturated carbocycles. The second-order valence-electron chi connectivity index (χ2n) is 6.49. The summed E-state index contributed by atoms with van der Waals surface area (Å²) in [5, 5.41) is 7.62. The van der Waals surface area contributed by atoms with Gasteiger partial charge >= 0.3 is 0 Å². The monoisotopic (exact) mass is 457 g/mol. The lowest BCUT2D eigenvalue weighted by Gasteiger charge is -2.10. The molecule has 9 nitrogen and oxygen atoms in total. The van der Waals surface area contributed by atoms with Crippen LogP contribution in [0.3, 0.4) is 0 Å². The number of nitrogens with zero attached hydrogens (tertiary/aromatic N) is 1. The van der Waals surface area contributed by atoms with Crippen LogP contribution < -0.4 is 29.6 Å². The number of rotatable bonds is 9. The fraction of sp³-hybridized carbons (Fsp3) is 0.227. The van der Waals surface area contributed by atoms with Gasteiger partial charge in [0.1, 0.15) is 11.5 Å². The molecule has 0 spiro atoms. The molecule has 0 radical (unpaired) electrons. The Kier molecular flexibility index (Phi) is 7.50. The van der Waals surface area contributed by atoms with Crippen LogP contribution in [0.25, 0.3) is 0 Å². The molecule has 0 atom stereocenters. The topological polar surface area (TPSA) is 108 Å². The van der Waals surface area contributed by atoms with Crippen molar-refractivity contribution in [1.29, 1.82) is 0 Å². The highest BCUT2D eigenvalue weighted by molar-refractivity contribution is 7.14. The summed E-state index contributed by atoms with van der Waals surface area (Å²) < 4.78 is 20.8. The smallest absolute Gasteiger partial charge is 0.257 e. The van der Waals surface area contributed by atoms with Crippen LogP contribution in [-0.2, 0) is 11.2 Å². The van der Waals surface area contributed by atoms with Crippen molar-refractivity contribution < 1.29 is 28.5 Å². The predicted molar refractivity (Wildman–Crippen MR) is 121 cm³/mol. The molecule has 0 fully saturated rings. The normalized spacial score (nSPS) is 10.2. The van der Waals surface area contributed by atoms with Crippen molar-refractivity contribution in [3.8, 4) is 23.0 Å². The summed E-state index contributed by atoms with van der Waals surface area (Å²) in [6.07, 6.45) is 0.0493. The Hall–Kier alpha value is -3.79. The third-order valence-corrected chi connectivity index (χ3v) is 5.20. The van der Waals surface area contributed by atoms with Gasteiger partial charge in [-0.1, -0.05) is 0 Å². The second-order valence-corrected chi connectivity index (χ2v) is 7.35. The summed E-state index contributed by atoms with van der Waals surface area (Å²) in [4.78, 5) is 29.3. The van der Waals surface area contributed by atoms with E-state index in [1.807, 2.05) is 0 Å². The molecule has 0 unspecified atom stereocenters. The number of nitrogens with one attached hydrogen (secondary N) is 2. The number of carbonyl (C=O) groups excluding carboxylic acids is 2. The van der Waals surface area contributed by atoms with E-state index in [1.54, 1.807) is 48.9 Å². The first-order chi connectivity index (χ1) is 15.4. The van der Waals surface area contributed by atoms with Crippen molar-refractivity contribution in [3.63, 3.8) is 0 Å². The summed E-state index contributed by atoms with van der Waals surface area (Å²) in [6, 6.07) is 9.97. The predicted octanol–water partition coefficient (Wildman–Crippen LogP) is 3.61. The van der Waals surface area contributed by atoms with E-state index in [9.17, 15) is 9.59 Å².